The van der Waals surface area contributed by atoms with Crippen LogP contribution in [0.15, 0.2) is 5.16 Å². The van der Waals surface area contributed by atoms with Gasteiger partial charge in [-0.15, -0.1) is 11.3 Å². The van der Waals surface area contributed by atoms with Crippen molar-refractivity contribution >= 4 is 49.3 Å². The number of aryl methyl sites for hydroxylation is 1. The SMILES string of the molecule is CSc1nc(NC2CCCCC2)c2sc3nc(C(C)C)c4c(c3c2n1)CCC4. The molecule has 5 rings (SSSR count). The first-order valence-electron chi connectivity index (χ1n) is 10.6. The molecule has 0 spiro atoms. The van der Waals surface area contributed by atoms with E-state index in [9.17, 15) is 0 Å². The summed E-state index contributed by atoms with van der Waals surface area (Å²) in [5.74, 6) is 1.50. The van der Waals surface area contributed by atoms with Crippen LogP contribution in [-0.2, 0) is 12.8 Å². The lowest BCUT2D eigenvalue weighted by atomic mass is 9.95. The highest BCUT2D eigenvalue weighted by atomic mass is 32.2. The molecule has 2 aliphatic rings. The topological polar surface area (TPSA) is 50.7 Å². The second-order valence-corrected chi connectivity index (χ2v) is 10.2. The number of nitrogens with zero attached hydrogens (tertiary/aromatic N) is 3. The smallest absolute Gasteiger partial charge is 0.189 e. The monoisotopic (exact) mass is 412 g/mol. The third-order valence-electron chi connectivity index (χ3n) is 6.22. The minimum Gasteiger partial charge on any atom is -0.366 e. The van der Waals surface area contributed by atoms with Crippen molar-refractivity contribution < 1.29 is 0 Å². The van der Waals surface area contributed by atoms with Crippen LogP contribution in [0.4, 0.5) is 5.82 Å². The number of thioether (sulfide) groups is 1. The first-order valence-corrected chi connectivity index (χ1v) is 12.7. The van der Waals surface area contributed by atoms with Crippen LogP contribution in [0.1, 0.15) is 75.1 Å². The highest BCUT2D eigenvalue weighted by Crippen LogP contribution is 2.43. The van der Waals surface area contributed by atoms with Gasteiger partial charge in [-0.1, -0.05) is 44.9 Å². The van der Waals surface area contributed by atoms with Crippen molar-refractivity contribution in [2.75, 3.05) is 11.6 Å². The maximum atomic E-state index is 5.14. The van der Waals surface area contributed by atoms with E-state index >= 15 is 0 Å². The molecule has 2 aliphatic carbocycles. The summed E-state index contributed by atoms with van der Waals surface area (Å²) in [6.45, 7) is 4.53. The Morgan fingerprint density at radius 3 is 2.54 bits per heavy atom. The van der Waals surface area contributed by atoms with Crippen molar-refractivity contribution in [3.05, 3.63) is 16.8 Å². The van der Waals surface area contributed by atoms with Gasteiger partial charge in [0.1, 0.15) is 10.6 Å². The summed E-state index contributed by atoms with van der Waals surface area (Å²) in [6, 6.07) is 0.539. The van der Waals surface area contributed by atoms with E-state index in [0.29, 0.717) is 12.0 Å². The standard InChI is InChI=1S/C22H28N4S2/c1-12(2)17-15-11-7-10-14(15)16-18-19(28-21(16)24-17)20(26-22(25-18)27-3)23-13-8-5-4-6-9-13/h12-13H,4-11H2,1-3H3,(H,23,25,26). The quantitative estimate of drug-likeness (QED) is 0.401. The van der Waals surface area contributed by atoms with Gasteiger partial charge in [-0.05, 0) is 55.4 Å². The normalized spacial score (nSPS) is 17.7. The van der Waals surface area contributed by atoms with E-state index in [0.717, 1.165) is 34.2 Å². The minimum atomic E-state index is 0.467. The molecule has 3 heterocycles. The van der Waals surface area contributed by atoms with Crippen LogP contribution in [0.25, 0.3) is 20.4 Å². The van der Waals surface area contributed by atoms with Gasteiger partial charge in [0.15, 0.2) is 5.16 Å². The van der Waals surface area contributed by atoms with E-state index < -0.39 is 0 Å². The van der Waals surface area contributed by atoms with Crippen LogP contribution in [0, 0.1) is 0 Å². The Morgan fingerprint density at radius 1 is 1.00 bits per heavy atom. The number of anilines is 1. The van der Waals surface area contributed by atoms with Crippen LogP contribution in [0.3, 0.4) is 0 Å². The highest BCUT2D eigenvalue weighted by Gasteiger charge is 2.26. The molecule has 3 aromatic heterocycles. The summed E-state index contributed by atoms with van der Waals surface area (Å²) < 4.78 is 1.20. The Morgan fingerprint density at radius 2 is 1.79 bits per heavy atom. The predicted octanol–water partition coefficient (Wildman–Crippen LogP) is 6.32. The molecule has 0 amide bonds. The van der Waals surface area contributed by atoms with Crippen LogP contribution in [0.5, 0.6) is 0 Å². The molecule has 3 aromatic rings. The van der Waals surface area contributed by atoms with Crippen molar-refractivity contribution in [1.29, 1.82) is 0 Å². The molecule has 0 saturated heterocycles. The lowest BCUT2D eigenvalue weighted by Crippen LogP contribution is -2.23. The Hall–Kier alpha value is -1.40. The number of rotatable bonds is 4. The van der Waals surface area contributed by atoms with Gasteiger partial charge in [-0.3, -0.25) is 0 Å². The molecule has 0 radical (unpaired) electrons. The second kappa shape index (κ2) is 7.45. The molecule has 0 atom stereocenters. The van der Waals surface area contributed by atoms with Crippen LogP contribution in [0.2, 0.25) is 0 Å². The molecule has 6 heteroatoms. The Balaban J connectivity index is 1.73. The van der Waals surface area contributed by atoms with Gasteiger partial charge in [-0.2, -0.15) is 0 Å². The number of nitrogens with one attached hydrogen (secondary N) is 1. The molecule has 28 heavy (non-hydrogen) atoms. The zero-order valence-corrected chi connectivity index (χ0v) is 18.6. The van der Waals surface area contributed by atoms with E-state index in [2.05, 4.69) is 25.4 Å². The summed E-state index contributed by atoms with van der Waals surface area (Å²) in [5.41, 5.74) is 5.42. The van der Waals surface area contributed by atoms with Crippen molar-refractivity contribution in [3.63, 3.8) is 0 Å². The summed E-state index contributed by atoms with van der Waals surface area (Å²) in [7, 11) is 0. The molecule has 0 bridgehead atoms. The van der Waals surface area contributed by atoms with Gasteiger partial charge < -0.3 is 5.32 Å². The van der Waals surface area contributed by atoms with Crippen molar-refractivity contribution in [2.24, 2.45) is 0 Å². The predicted molar refractivity (Wildman–Crippen MR) is 121 cm³/mol. The van der Waals surface area contributed by atoms with Crippen molar-refractivity contribution in [3.8, 4) is 0 Å². The first-order chi connectivity index (χ1) is 13.7. The Kier molecular flexibility index (Phi) is 4.95. The highest BCUT2D eigenvalue weighted by molar-refractivity contribution is 7.98. The molecule has 148 valence electrons. The lowest BCUT2D eigenvalue weighted by Gasteiger charge is -2.23. The van der Waals surface area contributed by atoms with Gasteiger partial charge in [0.05, 0.1) is 10.2 Å². The number of hydrogen-bond donors (Lipinski definition) is 1. The summed E-state index contributed by atoms with van der Waals surface area (Å²) in [4.78, 5) is 16.1. The van der Waals surface area contributed by atoms with Gasteiger partial charge in [0.25, 0.3) is 0 Å². The van der Waals surface area contributed by atoms with E-state index in [1.807, 2.05) is 0 Å². The molecule has 1 N–H and O–H groups in total. The van der Waals surface area contributed by atoms with Gasteiger partial charge >= 0.3 is 0 Å². The van der Waals surface area contributed by atoms with E-state index in [4.69, 9.17) is 15.0 Å². The van der Waals surface area contributed by atoms with Crippen LogP contribution in [-0.4, -0.2) is 27.2 Å². The molecular weight excluding hydrogens is 384 g/mol. The largest absolute Gasteiger partial charge is 0.366 e. The molecule has 0 aliphatic heterocycles. The van der Waals surface area contributed by atoms with Gasteiger partial charge in [0, 0.05) is 17.1 Å². The zero-order chi connectivity index (χ0) is 19.3. The van der Waals surface area contributed by atoms with Crippen molar-refractivity contribution in [2.45, 2.75) is 82.3 Å². The van der Waals surface area contributed by atoms with Crippen LogP contribution >= 0.6 is 23.1 Å². The third-order valence-corrected chi connectivity index (χ3v) is 7.85. The number of fused-ring (bicyclic) bond motifs is 5. The average Bonchev–Trinajstić information content (AvgIpc) is 3.32. The van der Waals surface area contributed by atoms with E-state index in [-0.39, 0.29) is 0 Å². The minimum absolute atomic E-state index is 0.467. The summed E-state index contributed by atoms with van der Waals surface area (Å²) >= 11 is 3.42. The molecular formula is C22H28N4S2. The maximum absolute atomic E-state index is 5.14. The first kappa shape index (κ1) is 18.6. The molecule has 4 nitrogen and oxygen atoms in total. The number of thiophene rings is 1. The molecule has 0 unspecified atom stereocenters. The summed E-state index contributed by atoms with van der Waals surface area (Å²) in [6.07, 6.45) is 12.1. The van der Waals surface area contributed by atoms with Crippen molar-refractivity contribution in [1.82, 2.24) is 15.0 Å². The fourth-order valence-corrected chi connectivity index (χ4v) is 6.35. The zero-order valence-electron chi connectivity index (χ0n) is 17.0. The number of aromatic nitrogens is 3. The second-order valence-electron chi connectivity index (χ2n) is 8.46. The van der Waals surface area contributed by atoms with Gasteiger partial charge in [-0.25, -0.2) is 15.0 Å². The molecule has 1 fully saturated rings. The average molecular weight is 413 g/mol. The summed E-state index contributed by atoms with van der Waals surface area (Å²) in [5, 5.41) is 5.96. The maximum Gasteiger partial charge on any atom is 0.189 e. The fraction of sp³-hybridized carbons (Fsp3) is 0.591. The molecule has 1 saturated carbocycles. The number of hydrogen-bond acceptors (Lipinski definition) is 6. The van der Waals surface area contributed by atoms with Gasteiger partial charge in [0.2, 0.25) is 0 Å². The molecule has 0 aromatic carbocycles. The number of pyridine rings is 1. The Labute approximate surface area is 174 Å². The fourth-order valence-electron chi connectivity index (χ4n) is 4.88. The van der Waals surface area contributed by atoms with Crippen LogP contribution < -0.4 is 5.32 Å². The van der Waals surface area contributed by atoms with E-state index in [1.54, 1.807) is 23.1 Å². The third kappa shape index (κ3) is 3.09. The lowest BCUT2D eigenvalue weighted by molar-refractivity contribution is 0.462. The van der Waals surface area contributed by atoms with E-state index in [1.165, 1.54) is 65.4 Å². The Bertz CT molecular complexity index is 1030.